The Morgan fingerprint density at radius 1 is 1.38 bits per heavy atom. The van der Waals surface area contributed by atoms with Crippen molar-refractivity contribution >= 4 is 28.9 Å². The summed E-state index contributed by atoms with van der Waals surface area (Å²) in [6.07, 6.45) is 7.38. The van der Waals surface area contributed by atoms with Crippen molar-refractivity contribution in [2.45, 2.75) is 0 Å². The number of rotatable bonds is 4. The molecule has 0 spiro atoms. The lowest BCUT2D eigenvalue weighted by Gasteiger charge is -1.97. The van der Waals surface area contributed by atoms with Gasteiger partial charge in [-0.3, -0.25) is 5.84 Å². The number of nitrogens with one attached hydrogen (secondary N) is 2. The number of aromatic nitrogens is 2. The van der Waals surface area contributed by atoms with Crippen LogP contribution in [0, 0.1) is 0 Å². The van der Waals surface area contributed by atoms with E-state index in [4.69, 9.17) is 5.84 Å². The first kappa shape index (κ1) is 13.3. The number of fused-ring (bicyclic) bond motifs is 1. The summed E-state index contributed by atoms with van der Waals surface area (Å²) in [6.45, 7) is 0. The highest BCUT2D eigenvalue weighted by atomic mass is 32.1. The highest BCUT2D eigenvalue weighted by Gasteiger charge is 2.16. The summed E-state index contributed by atoms with van der Waals surface area (Å²) < 4.78 is 4.33. The fraction of sp³-hybridized carbons (Fsp3) is 0.0714. The van der Waals surface area contributed by atoms with Crippen LogP contribution in [0.5, 0.6) is 0 Å². The number of hydrogen-bond acceptors (Lipinski definition) is 3. The van der Waals surface area contributed by atoms with Crippen molar-refractivity contribution in [2.75, 3.05) is 0 Å². The topological polar surface area (TPSA) is 73.4 Å². The predicted octanol–water partition coefficient (Wildman–Crippen LogP) is -0.602. The van der Waals surface area contributed by atoms with Gasteiger partial charge in [-0.15, -0.1) is 0 Å². The van der Waals surface area contributed by atoms with Crippen molar-refractivity contribution < 1.29 is 9.50 Å². The van der Waals surface area contributed by atoms with E-state index in [9.17, 15) is 0 Å². The van der Waals surface area contributed by atoms with Crippen molar-refractivity contribution in [3.63, 3.8) is 0 Å². The third-order valence-corrected chi connectivity index (χ3v) is 4.12. The van der Waals surface area contributed by atoms with Crippen LogP contribution >= 0.6 is 11.3 Å². The SMILES string of the molecule is Cn1c(-c2ccc(/C=N\NC=[NH+]N)cc2)c[n+]2ccsc12. The van der Waals surface area contributed by atoms with Crippen molar-refractivity contribution in [3.05, 3.63) is 47.6 Å². The Labute approximate surface area is 125 Å². The Kier molecular flexibility index (Phi) is 3.65. The summed E-state index contributed by atoms with van der Waals surface area (Å²) in [6, 6.07) is 8.24. The van der Waals surface area contributed by atoms with E-state index in [1.807, 2.05) is 12.1 Å². The molecule has 21 heavy (non-hydrogen) atoms. The summed E-state index contributed by atoms with van der Waals surface area (Å²) in [5, 5.41) is 8.43. The maximum atomic E-state index is 5.08. The molecule has 0 atom stereocenters. The number of benzene rings is 1. The normalized spacial score (nSPS) is 11.9. The molecule has 0 radical (unpaired) electrons. The fourth-order valence-electron chi connectivity index (χ4n) is 2.15. The van der Waals surface area contributed by atoms with Crippen molar-refractivity contribution in [3.8, 4) is 11.3 Å². The van der Waals surface area contributed by atoms with Gasteiger partial charge in [-0.1, -0.05) is 28.6 Å². The molecule has 2 aromatic heterocycles. The van der Waals surface area contributed by atoms with E-state index in [1.165, 1.54) is 22.6 Å². The van der Waals surface area contributed by atoms with Gasteiger partial charge in [-0.2, -0.15) is 14.9 Å². The molecule has 0 aliphatic heterocycles. The zero-order valence-electron chi connectivity index (χ0n) is 11.5. The van der Waals surface area contributed by atoms with Gasteiger partial charge in [0.1, 0.15) is 12.4 Å². The highest BCUT2D eigenvalue weighted by molar-refractivity contribution is 7.14. The van der Waals surface area contributed by atoms with Crippen LogP contribution in [0.1, 0.15) is 5.56 Å². The fourth-order valence-corrected chi connectivity index (χ4v) is 2.95. The Bertz CT molecular complexity index is 797. The van der Waals surface area contributed by atoms with Gasteiger partial charge in [0.15, 0.2) is 5.69 Å². The molecule has 0 fully saturated rings. The van der Waals surface area contributed by atoms with E-state index >= 15 is 0 Å². The lowest BCUT2D eigenvalue weighted by Crippen LogP contribution is -2.78. The van der Waals surface area contributed by atoms with Gasteiger partial charge >= 0.3 is 4.96 Å². The molecule has 0 aliphatic carbocycles. The summed E-state index contributed by atoms with van der Waals surface area (Å²) in [4.78, 5) is 1.21. The number of imidazole rings is 1. The number of hydrazone groups is 2. The van der Waals surface area contributed by atoms with Crippen LogP contribution in [-0.2, 0) is 7.05 Å². The smallest absolute Gasteiger partial charge is 0.276 e. The largest absolute Gasteiger partial charge is 0.345 e. The van der Waals surface area contributed by atoms with Crippen molar-refractivity contribution in [2.24, 2.45) is 18.0 Å². The van der Waals surface area contributed by atoms with Crippen molar-refractivity contribution in [1.82, 2.24) is 9.99 Å². The summed E-state index contributed by atoms with van der Waals surface area (Å²) in [7, 11) is 2.08. The number of hydrogen-bond donors (Lipinski definition) is 3. The minimum Gasteiger partial charge on any atom is -0.276 e. The monoisotopic (exact) mass is 300 g/mol. The lowest BCUT2D eigenvalue weighted by molar-refractivity contribution is -0.505. The summed E-state index contributed by atoms with van der Waals surface area (Å²) >= 11 is 1.73. The zero-order chi connectivity index (χ0) is 14.7. The van der Waals surface area contributed by atoms with E-state index in [1.54, 1.807) is 17.6 Å². The standard InChI is InChI=1S/C14H15N6S/c1-19-13(9-20-6-7-21-14(19)20)12-4-2-11(3-5-12)8-17-18-10-16-15/h2-10H,15H2,1H3,(H,16,18)/q+1/p+1/b17-8-. The lowest BCUT2D eigenvalue weighted by atomic mass is 10.1. The highest BCUT2D eigenvalue weighted by Crippen LogP contribution is 2.21. The first-order chi connectivity index (χ1) is 10.3. The van der Waals surface area contributed by atoms with Gasteiger partial charge in [0.2, 0.25) is 0 Å². The molecule has 106 valence electrons. The van der Waals surface area contributed by atoms with Gasteiger partial charge in [-0.05, 0) is 17.7 Å². The summed E-state index contributed by atoms with van der Waals surface area (Å²) in [5.41, 5.74) is 6.03. The first-order valence-electron chi connectivity index (χ1n) is 6.40. The third-order valence-electron chi connectivity index (χ3n) is 3.17. The number of aryl methyl sites for hydroxylation is 1. The Morgan fingerprint density at radius 3 is 2.90 bits per heavy atom. The molecule has 4 N–H and O–H groups in total. The van der Waals surface area contributed by atoms with Crippen LogP contribution in [0.25, 0.3) is 16.2 Å². The van der Waals surface area contributed by atoms with Gasteiger partial charge < -0.3 is 0 Å². The third kappa shape index (κ3) is 2.63. The first-order valence-corrected chi connectivity index (χ1v) is 7.28. The molecule has 0 saturated carbocycles. The molecule has 6 nitrogen and oxygen atoms in total. The second kappa shape index (κ2) is 5.76. The predicted molar refractivity (Wildman–Crippen MR) is 83.8 cm³/mol. The molecule has 7 heteroatoms. The molecule has 3 aromatic rings. The second-order valence-corrected chi connectivity index (χ2v) is 5.36. The van der Waals surface area contributed by atoms with Crippen LogP contribution in [0.4, 0.5) is 0 Å². The average Bonchev–Trinajstić information content (AvgIpc) is 3.08. The Hall–Kier alpha value is -2.67. The van der Waals surface area contributed by atoms with Crippen LogP contribution in [0.3, 0.4) is 0 Å². The van der Waals surface area contributed by atoms with Gasteiger partial charge in [-0.25, -0.2) is 4.57 Å². The molecular weight excluding hydrogens is 284 g/mol. The van der Waals surface area contributed by atoms with Crippen LogP contribution < -0.4 is 20.8 Å². The van der Waals surface area contributed by atoms with Crippen LogP contribution in [-0.4, -0.2) is 17.1 Å². The molecule has 0 saturated heterocycles. The summed E-state index contributed by atoms with van der Waals surface area (Å²) in [5.74, 6) is 5.08. The molecule has 3 rings (SSSR count). The molecule has 2 heterocycles. The number of nitrogens with zero attached hydrogens (tertiary/aromatic N) is 3. The zero-order valence-corrected chi connectivity index (χ0v) is 12.3. The average molecular weight is 300 g/mol. The maximum Gasteiger partial charge on any atom is 0.345 e. The molecule has 0 amide bonds. The van der Waals surface area contributed by atoms with Crippen LogP contribution in [0.2, 0.25) is 0 Å². The molecular formula is C14H16N6S+2. The van der Waals surface area contributed by atoms with Crippen molar-refractivity contribution in [1.29, 1.82) is 0 Å². The van der Waals surface area contributed by atoms with E-state index in [0.29, 0.717) is 0 Å². The van der Waals surface area contributed by atoms with E-state index in [0.717, 1.165) is 5.56 Å². The minimum absolute atomic E-state index is 1.01. The quantitative estimate of drug-likeness (QED) is 0.198. The molecule has 1 aromatic carbocycles. The maximum absolute atomic E-state index is 5.08. The minimum atomic E-state index is 1.01. The van der Waals surface area contributed by atoms with Gasteiger partial charge in [0, 0.05) is 10.9 Å². The number of nitrogens with two attached hydrogens (primary N) is 1. The van der Waals surface area contributed by atoms with E-state index < -0.39 is 0 Å². The second-order valence-electron chi connectivity index (χ2n) is 4.49. The molecule has 0 unspecified atom stereocenters. The Morgan fingerprint density at radius 2 is 2.19 bits per heavy atom. The molecule has 0 aliphatic rings. The van der Waals surface area contributed by atoms with Gasteiger partial charge in [0.25, 0.3) is 6.34 Å². The van der Waals surface area contributed by atoms with Crippen LogP contribution in [0.15, 0.2) is 47.1 Å². The number of thiazole rings is 1. The number of hydrazine groups is 1. The van der Waals surface area contributed by atoms with E-state index in [-0.39, 0.29) is 0 Å². The van der Waals surface area contributed by atoms with E-state index in [2.05, 4.69) is 61.6 Å². The Balaban J connectivity index is 1.85. The van der Waals surface area contributed by atoms with Gasteiger partial charge in [0.05, 0.1) is 13.3 Å². The molecule has 0 bridgehead atoms.